The first-order valence-electron chi connectivity index (χ1n) is 8.55. The molecule has 0 saturated carbocycles. The number of amides is 1. The Morgan fingerprint density at radius 3 is 2.18 bits per heavy atom. The summed E-state index contributed by atoms with van der Waals surface area (Å²) in [6.07, 6.45) is 1.45. The van der Waals surface area contributed by atoms with Crippen molar-refractivity contribution in [3.8, 4) is 5.75 Å². The Kier molecular flexibility index (Phi) is 6.15. The summed E-state index contributed by atoms with van der Waals surface area (Å²) < 4.78 is 5.67. The average Bonchev–Trinajstić information content (AvgIpc) is 2.73. The zero-order valence-corrected chi connectivity index (χ0v) is 14.9. The van der Waals surface area contributed by atoms with E-state index < -0.39 is 5.97 Å². The lowest BCUT2D eigenvalue weighted by Crippen LogP contribution is -2.17. The molecule has 0 radical (unpaired) electrons. The van der Waals surface area contributed by atoms with E-state index in [-0.39, 0.29) is 11.5 Å². The van der Waals surface area contributed by atoms with Gasteiger partial charge in [0.2, 0.25) is 0 Å². The first kappa shape index (κ1) is 18.8. The highest BCUT2D eigenvalue weighted by atomic mass is 16.5. The predicted octanol–water partition coefficient (Wildman–Crippen LogP) is 3.73. The van der Waals surface area contributed by atoms with Gasteiger partial charge in [-0.15, -0.1) is 0 Å². The lowest BCUT2D eigenvalue weighted by Gasteiger charge is -2.06. The fraction of sp³-hybridized carbons (Fsp3) is 0.0455. The number of carbonyl (C=O) groups is 2. The zero-order chi connectivity index (χ0) is 19.8. The smallest absolute Gasteiger partial charge is 0.335 e. The van der Waals surface area contributed by atoms with Crippen LogP contribution in [0.1, 0.15) is 31.8 Å². The minimum Gasteiger partial charge on any atom is -0.489 e. The monoisotopic (exact) mass is 374 g/mol. The van der Waals surface area contributed by atoms with Gasteiger partial charge in [0.15, 0.2) is 0 Å². The molecule has 0 aliphatic rings. The summed E-state index contributed by atoms with van der Waals surface area (Å²) in [6.45, 7) is 0.413. The van der Waals surface area contributed by atoms with E-state index in [0.717, 1.165) is 11.3 Å². The third-order valence-corrected chi connectivity index (χ3v) is 3.90. The Morgan fingerprint density at radius 2 is 1.54 bits per heavy atom. The van der Waals surface area contributed by atoms with Gasteiger partial charge in [-0.2, -0.15) is 5.10 Å². The molecule has 0 fully saturated rings. The van der Waals surface area contributed by atoms with E-state index in [2.05, 4.69) is 10.5 Å². The van der Waals surface area contributed by atoms with Crippen LogP contribution < -0.4 is 10.2 Å². The summed E-state index contributed by atoms with van der Waals surface area (Å²) >= 11 is 0. The van der Waals surface area contributed by atoms with Crippen molar-refractivity contribution in [3.05, 3.63) is 101 Å². The van der Waals surface area contributed by atoms with Crippen LogP contribution in [0.4, 0.5) is 0 Å². The number of hydrazone groups is 1. The SMILES string of the molecule is O=C(O)c1ccc(/C=N\NC(=O)c2ccc(COc3ccccc3)cc2)cc1. The number of para-hydroxylation sites is 1. The second kappa shape index (κ2) is 9.14. The minimum atomic E-state index is -0.991. The van der Waals surface area contributed by atoms with Gasteiger partial charge in [-0.1, -0.05) is 42.5 Å². The van der Waals surface area contributed by atoms with Crippen molar-refractivity contribution in [2.45, 2.75) is 6.61 Å². The molecule has 1 amide bonds. The number of hydrogen-bond donors (Lipinski definition) is 2. The number of hydrogen-bond acceptors (Lipinski definition) is 4. The van der Waals surface area contributed by atoms with Gasteiger partial charge < -0.3 is 9.84 Å². The van der Waals surface area contributed by atoms with Gasteiger partial charge in [0.25, 0.3) is 5.91 Å². The highest BCUT2D eigenvalue weighted by Crippen LogP contribution is 2.12. The molecule has 0 unspecified atom stereocenters. The molecule has 0 aliphatic carbocycles. The number of carboxylic acids is 1. The van der Waals surface area contributed by atoms with Crippen molar-refractivity contribution in [1.29, 1.82) is 0 Å². The van der Waals surface area contributed by atoms with Crippen molar-refractivity contribution < 1.29 is 19.4 Å². The molecule has 28 heavy (non-hydrogen) atoms. The first-order valence-corrected chi connectivity index (χ1v) is 8.55. The average molecular weight is 374 g/mol. The molecule has 0 bridgehead atoms. The number of nitrogens with zero attached hydrogens (tertiary/aromatic N) is 1. The van der Waals surface area contributed by atoms with E-state index in [4.69, 9.17) is 9.84 Å². The first-order chi connectivity index (χ1) is 13.6. The Labute approximate surface area is 162 Å². The fourth-order valence-corrected chi connectivity index (χ4v) is 2.38. The number of ether oxygens (including phenoxy) is 1. The highest BCUT2D eigenvalue weighted by Gasteiger charge is 2.05. The van der Waals surface area contributed by atoms with Gasteiger partial charge in [0.1, 0.15) is 12.4 Å². The number of aromatic carboxylic acids is 1. The van der Waals surface area contributed by atoms with Crippen LogP contribution in [0.5, 0.6) is 5.75 Å². The molecule has 0 atom stereocenters. The van der Waals surface area contributed by atoms with Crippen LogP contribution in [0.15, 0.2) is 84.0 Å². The van der Waals surface area contributed by atoms with Crippen LogP contribution in [-0.2, 0) is 6.61 Å². The van der Waals surface area contributed by atoms with Gasteiger partial charge in [0.05, 0.1) is 11.8 Å². The van der Waals surface area contributed by atoms with Crippen LogP contribution in [0, 0.1) is 0 Å². The molecule has 3 aromatic rings. The van der Waals surface area contributed by atoms with Crippen molar-refractivity contribution in [3.63, 3.8) is 0 Å². The summed E-state index contributed by atoms with van der Waals surface area (Å²) in [4.78, 5) is 22.9. The predicted molar refractivity (Wildman–Crippen MR) is 106 cm³/mol. The summed E-state index contributed by atoms with van der Waals surface area (Å²) in [5, 5.41) is 12.8. The highest BCUT2D eigenvalue weighted by molar-refractivity contribution is 5.95. The van der Waals surface area contributed by atoms with Gasteiger partial charge in [0, 0.05) is 5.56 Å². The van der Waals surface area contributed by atoms with E-state index in [1.165, 1.54) is 18.3 Å². The lowest BCUT2D eigenvalue weighted by molar-refractivity contribution is 0.0696. The second-order valence-corrected chi connectivity index (χ2v) is 5.92. The topological polar surface area (TPSA) is 88.0 Å². The molecule has 0 aliphatic heterocycles. The number of nitrogens with one attached hydrogen (secondary N) is 1. The van der Waals surface area contributed by atoms with Crippen LogP contribution in [0.3, 0.4) is 0 Å². The Hall–Kier alpha value is -3.93. The van der Waals surface area contributed by atoms with Gasteiger partial charge in [-0.05, 0) is 47.5 Å². The Balaban J connectivity index is 1.52. The largest absolute Gasteiger partial charge is 0.489 e. The summed E-state index contributed by atoms with van der Waals surface area (Å²) in [5.74, 6) is -0.543. The molecular formula is C22H18N2O4. The molecule has 0 saturated heterocycles. The van der Waals surface area contributed by atoms with E-state index in [9.17, 15) is 9.59 Å². The molecule has 0 heterocycles. The standard InChI is InChI=1S/C22H18N2O4/c25-21(24-23-14-16-6-12-19(13-7-16)22(26)27)18-10-8-17(9-11-18)15-28-20-4-2-1-3-5-20/h1-14H,15H2,(H,24,25)(H,26,27)/b23-14-. The van der Waals surface area contributed by atoms with Crippen LogP contribution in [0.2, 0.25) is 0 Å². The summed E-state index contributed by atoms with van der Waals surface area (Å²) in [7, 11) is 0. The molecule has 2 N–H and O–H groups in total. The summed E-state index contributed by atoms with van der Waals surface area (Å²) in [6, 6.07) is 22.7. The molecule has 6 heteroatoms. The molecule has 3 aromatic carbocycles. The zero-order valence-electron chi connectivity index (χ0n) is 14.9. The number of benzene rings is 3. The van der Waals surface area contributed by atoms with Crippen molar-refractivity contribution in [2.75, 3.05) is 0 Å². The van der Waals surface area contributed by atoms with Crippen molar-refractivity contribution in [2.24, 2.45) is 5.10 Å². The third kappa shape index (κ3) is 5.28. The number of rotatable bonds is 7. The van der Waals surface area contributed by atoms with Gasteiger partial charge in [-0.25, -0.2) is 10.2 Å². The molecule has 0 spiro atoms. The van der Waals surface area contributed by atoms with Crippen LogP contribution >= 0.6 is 0 Å². The molecule has 3 rings (SSSR count). The third-order valence-electron chi connectivity index (χ3n) is 3.90. The van der Waals surface area contributed by atoms with Crippen molar-refractivity contribution >= 4 is 18.1 Å². The Bertz CT molecular complexity index is 966. The van der Waals surface area contributed by atoms with E-state index in [0.29, 0.717) is 17.7 Å². The lowest BCUT2D eigenvalue weighted by atomic mass is 10.1. The molecular weight excluding hydrogens is 356 g/mol. The van der Waals surface area contributed by atoms with E-state index in [1.807, 2.05) is 42.5 Å². The Morgan fingerprint density at radius 1 is 0.893 bits per heavy atom. The minimum absolute atomic E-state index is 0.192. The number of carbonyl (C=O) groups excluding carboxylic acids is 1. The van der Waals surface area contributed by atoms with Crippen LogP contribution in [0.25, 0.3) is 0 Å². The van der Waals surface area contributed by atoms with E-state index >= 15 is 0 Å². The maximum atomic E-state index is 12.1. The van der Waals surface area contributed by atoms with Gasteiger partial charge >= 0.3 is 5.97 Å². The quantitative estimate of drug-likeness (QED) is 0.487. The maximum absolute atomic E-state index is 12.1. The second-order valence-electron chi connectivity index (χ2n) is 5.92. The molecule has 6 nitrogen and oxygen atoms in total. The number of carboxylic acid groups (broad SMARTS) is 1. The van der Waals surface area contributed by atoms with Crippen molar-refractivity contribution in [1.82, 2.24) is 5.43 Å². The van der Waals surface area contributed by atoms with E-state index in [1.54, 1.807) is 24.3 Å². The molecule has 140 valence electrons. The van der Waals surface area contributed by atoms with Gasteiger partial charge in [-0.3, -0.25) is 4.79 Å². The summed E-state index contributed by atoms with van der Waals surface area (Å²) in [5.41, 5.74) is 4.74. The fourth-order valence-electron chi connectivity index (χ4n) is 2.38. The maximum Gasteiger partial charge on any atom is 0.335 e. The normalized spacial score (nSPS) is 10.6. The van der Waals surface area contributed by atoms with Crippen LogP contribution in [-0.4, -0.2) is 23.2 Å². The molecule has 0 aromatic heterocycles.